The minimum atomic E-state index is 0. The third-order valence-electron chi connectivity index (χ3n) is 20.7. The van der Waals surface area contributed by atoms with E-state index in [-0.39, 0.29) is 119 Å². The number of aromatic nitrogens is 25. The molecular weight excluding hydrogens is 2030 g/mol. The van der Waals surface area contributed by atoms with Crippen LogP contribution >= 0.6 is 11.3 Å². The Labute approximate surface area is 854 Å². The number of aryl methyl sites for hydroxylation is 7. The van der Waals surface area contributed by atoms with Crippen LogP contribution in [-0.2, 0) is 0 Å². The van der Waals surface area contributed by atoms with Crippen molar-refractivity contribution in [1.29, 1.82) is 0 Å². The Balaban J connectivity index is 0.000000144. The fraction of sp³-hybridized carbons (Fsp3) is 0.0900. The predicted molar refractivity (Wildman–Crippen MR) is 531 cm³/mol. The molecule has 0 amide bonds. The van der Waals surface area contributed by atoms with E-state index in [4.69, 9.17) is 19.4 Å². The topological polar surface area (TPSA) is 299 Å². The monoisotopic (exact) mass is 2110 g/mol. The fourth-order valence-corrected chi connectivity index (χ4v) is 15.1. The average molecular weight is 2120 g/mol. The van der Waals surface area contributed by atoms with Crippen molar-refractivity contribution in [2.45, 2.75) is 48.5 Å². The van der Waals surface area contributed by atoms with Gasteiger partial charge in [-0.2, -0.15) is 4.68 Å². The smallest absolute Gasteiger partial charge is 0.497 e. The largest absolute Gasteiger partial charge is 3.00 e. The van der Waals surface area contributed by atoms with Crippen molar-refractivity contribution >= 4 is 152 Å². The Morgan fingerprint density at radius 3 is 1.47 bits per heavy atom. The summed E-state index contributed by atoms with van der Waals surface area (Å²) in [6.07, 6.45) is 14.2. The molecule has 0 saturated carbocycles. The number of methoxy groups -OCH3 is 2. The summed E-state index contributed by atoms with van der Waals surface area (Å²) in [6, 6.07) is 90.6. The average Bonchev–Trinajstić information content (AvgIpc) is 1.51. The summed E-state index contributed by atoms with van der Waals surface area (Å²) < 4.78 is 20.0. The zero-order valence-corrected chi connectivity index (χ0v) is 89.9. The molecule has 0 N–H and O–H groups in total. The van der Waals surface area contributed by atoms with Gasteiger partial charge in [0.1, 0.15) is 22.3 Å². The van der Waals surface area contributed by atoms with Crippen LogP contribution in [0.15, 0.2) is 328 Å². The molecule has 0 radical (unpaired) electrons. The number of benzene rings is 10. The van der Waals surface area contributed by atoms with Crippen molar-refractivity contribution in [3.63, 3.8) is 0 Å². The molecule has 10 aromatic carbocycles. The van der Waals surface area contributed by atoms with Gasteiger partial charge in [-0.3, -0.25) is 9.55 Å². The number of pyridine rings is 1. The van der Waals surface area contributed by atoms with Gasteiger partial charge in [-0.15, -0.1) is 16.4 Å². The standard InChI is InChI=1S/C23H17N4.C17H13N6O.C16H12N5.C16H14N3.C15H15N4O.C13H10N3S.6Ga/c1-16-9-5-6-12-18(16)20-15-24-22(25-20)23-26-19-13-7-8-14-21(19)27(23)17-10-3-2-4-11-17;1-24-14-9-7-12(8-10-14)15-11-18-16(19-15)17-20-21-22-23(17)13-5-3-2-4-6-13;1-11-5-4-6-12(9-11)13-10-17-16(18-13)21-19-14-7-2-3-8-15(14)20(19)21;1-11-7-12(2)9-13(8-11)16-18-10-15(19-16)14-5-3-4-6-17-14;1-10-7-11(2)19(18-10)15-16-9-14(17-15)12-5-4-6-13(8-12)20-3;1-9-3-2-4-10(7-9)11-8-15-12(16-11)13-14-5-6-17-13;;;;;;/h2-15H,1H3;2-11H,1H3;2-10H,1H3;3-10H,1-2H3;4-9H,1-3H3;2-8H,1H3;;;;;;/q6*-1;6*+3. The van der Waals surface area contributed by atoms with Crippen molar-refractivity contribution in [1.82, 2.24) is 123 Å². The molecule has 0 aliphatic heterocycles. The Kier molecular flexibility index (Phi) is 34.2. The molecule has 0 unspecified atom stereocenters. The molecule has 0 atom stereocenters. The van der Waals surface area contributed by atoms with Crippen LogP contribution in [-0.4, -0.2) is 226 Å². The van der Waals surface area contributed by atoms with Gasteiger partial charge in [0.2, 0.25) is 0 Å². The number of fused-ring (bicyclic) bond motifs is 5. The number of para-hydroxylation sites is 6. The minimum absolute atomic E-state index is 0. The van der Waals surface area contributed by atoms with Crippen molar-refractivity contribution in [3.05, 3.63) is 367 Å². The number of hydrogen-bond donors (Lipinski definition) is 0. The van der Waals surface area contributed by atoms with E-state index in [9.17, 15) is 0 Å². The van der Waals surface area contributed by atoms with Crippen molar-refractivity contribution in [3.8, 4) is 148 Å². The minimum Gasteiger partial charge on any atom is -0.497 e. The van der Waals surface area contributed by atoms with Crippen molar-refractivity contribution < 1.29 is 9.47 Å². The van der Waals surface area contributed by atoms with Crippen LogP contribution in [0.4, 0.5) is 0 Å². The van der Waals surface area contributed by atoms with Crippen LogP contribution in [0.1, 0.15) is 39.2 Å². The number of ether oxygens (including phenoxy) is 2. The van der Waals surface area contributed by atoms with Gasteiger partial charge in [0, 0.05) is 46.5 Å². The number of tetrazole rings is 1. The summed E-state index contributed by atoms with van der Waals surface area (Å²) in [6.45, 7) is 14.3. The maximum Gasteiger partial charge on any atom is 3.00 e. The molecule has 630 valence electrons. The molecule has 0 fully saturated rings. The van der Waals surface area contributed by atoms with Crippen LogP contribution < -0.4 is 39.4 Å². The molecule has 134 heavy (non-hydrogen) atoms. The van der Waals surface area contributed by atoms with E-state index in [2.05, 4.69) is 225 Å². The molecule has 0 saturated heterocycles. The molecule has 13 aromatic heterocycles. The Bertz CT molecular complexity index is 7570. The molecule has 0 spiro atoms. The number of rotatable bonds is 16. The summed E-state index contributed by atoms with van der Waals surface area (Å²) in [5.74, 6) is 6.73. The fourth-order valence-electron chi connectivity index (χ4n) is 14.6. The van der Waals surface area contributed by atoms with Crippen LogP contribution in [0.2, 0.25) is 0 Å². The zero-order valence-electron chi connectivity index (χ0n) is 74.5. The maximum absolute atomic E-state index is 5.22. The van der Waals surface area contributed by atoms with E-state index in [0.29, 0.717) is 35.2 Å². The van der Waals surface area contributed by atoms with E-state index >= 15 is 0 Å². The molecule has 0 aliphatic carbocycles. The molecule has 27 nitrogen and oxygen atoms in total. The van der Waals surface area contributed by atoms with Crippen LogP contribution in [0.3, 0.4) is 0 Å². The number of nitrogens with zero attached hydrogens (tertiary/aromatic N) is 25. The number of imidazole rings is 7. The van der Waals surface area contributed by atoms with E-state index < -0.39 is 0 Å². The normalized spacial score (nSPS) is 10.5. The molecule has 23 aromatic rings. The second-order valence-corrected chi connectivity index (χ2v) is 30.8. The summed E-state index contributed by atoms with van der Waals surface area (Å²) in [5, 5.41) is 19.0. The SMILES string of the molecule is COc1ccc(-c2c[n-]c(-c3nnnn3-c3ccccc3)n2)cc1.COc1cccc(-c2c[n-]c(-n3nc(C)cc3C)n2)c1.Cc1cc(C)cc(-c2nc(-c3ccccn3)c[n-]2)c1.Cc1cccc(-c2c[n-]c(-c3nccs3)n2)c1.Cc1cccc(-c2c[n-]c(-n3n4c5ccccc5n34)n2)c1.Cc1ccccc1-c1c[n-]c(-c2nc3ccccc3n2-c2ccccc2)n1.[Ga+3].[Ga+3].[Ga+3].[Ga+3].[Ga+3].[Ga+3]. The van der Waals surface area contributed by atoms with Crippen molar-refractivity contribution in [2.75, 3.05) is 14.2 Å². The van der Waals surface area contributed by atoms with E-state index in [0.717, 1.165) is 135 Å². The zero-order chi connectivity index (χ0) is 87.6. The van der Waals surface area contributed by atoms with Gasteiger partial charge in [-0.25, -0.2) is 29.1 Å². The van der Waals surface area contributed by atoms with Crippen molar-refractivity contribution in [2.24, 2.45) is 0 Å². The molecule has 13 heterocycles. The molecule has 23 rings (SSSR count). The summed E-state index contributed by atoms with van der Waals surface area (Å²) in [7, 11) is 3.29. The van der Waals surface area contributed by atoms with Gasteiger partial charge < -0.3 is 74.0 Å². The summed E-state index contributed by atoms with van der Waals surface area (Å²) in [5.41, 5.74) is 26.5. The van der Waals surface area contributed by atoms with Gasteiger partial charge >= 0.3 is 119 Å². The maximum atomic E-state index is 5.22. The Morgan fingerprint density at radius 2 is 0.851 bits per heavy atom. The second kappa shape index (κ2) is 46.0. The first kappa shape index (κ1) is 99.8. The molecule has 0 bridgehead atoms. The van der Waals surface area contributed by atoms with Crippen LogP contribution in [0.5, 0.6) is 11.5 Å². The van der Waals surface area contributed by atoms with E-state index in [1.54, 1.807) is 72.1 Å². The first-order valence-electron chi connectivity index (χ1n) is 41.0. The quantitative estimate of drug-likeness (QED) is 0.0812. The van der Waals surface area contributed by atoms with Crippen LogP contribution in [0.25, 0.3) is 159 Å². The van der Waals surface area contributed by atoms with Crippen LogP contribution in [0, 0.1) is 48.5 Å². The summed E-state index contributed by atoms with van der Waals surface area (Å²) >= 11 is 1.55. The van der Waals surface area contributed by atoms with Gasteiger partial charge in [-0.1, -0.05) is 235 Å². The van der Waals surface area contributed by atoms with E-state index in [1.165, 1.54) is 38.9 Å². The molecule has 34 heteroatoms. The summed E-state index contributed by atoms with van der Waals surface area (Å²) in [4.78, 5) is 69.3. The third kappa shape index (κ3) is 22.8. The van der Waals surface area contributed by atoms with Gasteiger partial charge in [0.25, 0.3) is 0 Å². The third-order valence-corrected chi connectivity index (χ3v) is 21.4. The molecule has 0 aliphatic rings. The second-order valence-electron chi connectivity index (χ2n) is 29.9. The predicted octanol–water partition coefficient (Wildman–Crippen LogP) is 16.9. The Hall–Kier alpha value is -13.2. The van der Waals surface area contributed by atoms with E-state index in [1.807, 2.05) is 218 Å². The molecular formula is C100H81Ga6N25O2S+12. The Morgan fingerprint density at radius 1 is 0.336 bits per heavy atom. The van der Waals surface area contributed by atoms with Gasteiger partial charge in [-0.05, 0) is 247 Å². The van der Waals surface area contributed by atoms with Gasteiger partial charge in [0.15, 0.2) is 5.82 Å². The first-order chi connectivity index (χ1) is 62.7. The first-order valence-corrected chi connectivity index (χ1v) is 41.9. The van der Waals surface area contributed by atoms with Gasteiger partial charge in [0.05, 0.1) is 53.6 Å². The number of hydrogen-bond acceptors (Lipinski definition) is 16. The number of thiazole rings is 1.